The van der Waals surface area contributed by atoms with Crippen LogP contribution in [0.25, 0.3) is 0 Å². The summed E-state index contributed by atoms with van der Waals surface area (Å²) in [6.45, 7) is 7.36. The third kappa shape index (κ3) is 4.15. The van der Waals surface area contributed by atoms with Gasteiger partial charge in [-0.05, 0) is 56.7 Å². The fraction of sp³-hybridized carbons (Fsp3) is 0.667. The number of nitrogens with zero attached hydrogens (tertiary/aromatic N) is 2. The van der Waals surface area contributed by atoms with Crippen LogP contribution >= 0.6 is 0 Å². The number of amides is 2. The van der Waals surface area contributed by atoms with Crippen LogP contribution < -0.4 is 10.2 Å². The number of rotatable bonds is 4. The molecule has 29 heavy (non-hydrogen) atoms. The second-order valence-corrected chi connectivity index (χ2v) is 9.24. The van der Waals surface area contributed by atoms with E-state index in [1.54, 1.807) is 0 Å². The maximum atomic E-state index is 13.2. The van der Waals surface area contributed by atoms with Crippen molar-refractivity contribution in [2.75, 3.05) is 31.1 Å². The Labute approximate surface area is 174 Å². The summed E-state index contributed by atoms with van der Waals surface area (Å²) in [7, 11) is 0. The highest BCUT2D eigenvalue weighted by Gasteiger charge is 2.58. The summed E-state index contributed by atoms with van der Waals surface area (Å²) in [5.41, 5.74) is 3.11. The van der Waals surface area contributed by atoms with E-state index < -0.39 is 5.41 Å². The molecule has 1 aromatic carbocycles. The van der Waals surface area contributed by atoms with Crippen molar-refractivity contribution in [2.24, 2.45) is 5.41 Å². The number of nitrogens with one attached hydrogen (secondary N) is 1. The molecular formula is C24H35N3O2. The summed E-state index contributed by atoms with van der Waals surface area (Å²) in [6.07, 6.45) is 8.44. The van der Waals surface area contributed by atoms with Gasteiger partial charge in [-0.1, -0.05) is 37.8 Å². The molecule has 158 valence electrons. The van der Waals surface area contributed by atoms with Crippen LogP contribution in [-0.2, 0) is 9.59 Å². The van der Waals surface area contributed by atoms with E-state index in [2.05, 4.69) is 42.3 Å². The standard InChI is InChI=1S/C24H35N3O2/c1-18-8-7-11-21(19(18)2)26-14-16-27(17-15-26)23(29)24(12-13-24)22(28)25-20-9-5-3-4-6-10-20/h7-8,11,20H,3-6,9-10,12-17H2,1-2H3,(H,25,28). The highest BCUT2D eigenvalue weighted by Crippen LogP contribution is 2.48. The first kappa shape index (κ1) is 20.2. The number of aryl methyl sites for hydroxylation is 1. The first-order valence-electron chi connectivity index (χ1n) is 11.4. The predicted octanol–water partition coefficient (Wildman–Crippen LogP) is 3.57. The van der Waals surface area contributed by atoms with Crippen LogP contribution in [0.15, 0.2) is 18.2 Å². The minimum Gasteiger partial charge on any atom is -0.368 e. The smallest absolute Gasteiger partial charge is 0.238 e. The summed E-state index contributed by atoms with van der Waals surface area (Å²) in [5, 5.41) is 3.23. The average molecular weight is 398 g/mol. The number of carbonyl (C=O) groups is 2. The average Bonchev–Trinajstić information content (AvgIpc) is 3.55. The van der Waals surface area contributed by atoms with Gasteiger partial charge in [-0.25, -0.2) is 0 Å². The number of hydrogen-bond acceptors (Lipinski definition) is 3. The zero-order chi connectivity index (χ0) is 20.4. The summed E-state index contributed by atoms with van der Waals surface area (Å²) >= 11 is 0. The van der Waals surface area contributed by atoms with Gasteiger partial charge in [0.2, 0.25) is 11.8 Å². The van der Waals surface area contributed by atoms with Crippen molar-refractivity contribution >= 4 is 17.5 Å². The number of benzene rings is 1. The Morgan fingerprint density at radius 3 is 2.24 bits per heavy atom. The Hall–Kier alpha value is -2.04. The lowest BCUT2D eigenvalue weighted by Crippen LogP contribution is -2.54. The highest BCUT2D eigenvalue weighted by atomic mass is 16.2. The molecule has 2 aliphatic carbocycles. The molecule has 1 heterocycles. The Morgan fingerprint density at radius 2 is 1.62 bits per heavy atom. The maximum absolute atomic E-state index is 13.2. The molecule has 5 nitrogen and oxygen atoms in total. The van der Waals surface area contributed by atoms with Crippen LogP contribution in [0.2, 0.25) is 0 Å². The first-order chi connectivity index (χ1) is 14.0. The Kier molecular flexibility index (Phi) is 5.84. The quantitative estimate of drug-likeness (QED) is 0.624. The van der Waals surface area contributed by atoms with Crippen molar-refractivity contribution in [2.45, 2.75) is 71.3 Å². The van der Waals surface area contributed by atoms with Crippen LogP contribution in [0.1, 0.15) is 62.5 Å². The molecule has 3 aliphatic rings. The van der Waals surface area contributed by atoms with Gasteiger partial charge in [-0.15, -0.1) is 0 Å². The Morgan fingerprint density at radius 1 is 0.966 bits per heavy atom. The molecule has 0 spiro atoms. The third-order valence-electron chi connectivity index (χ3n) is 7.27. The number of piperazine rings is 1. The van der Waals surface area contributed by atoms with E-state index >= 15 is 0 Å². The minimum absolute atomic E-state index is 0.00800. The van der Waals surface area contributed by atoms with E-state index in [1.807, 2.05) is 4.90 Å². The topological polar surface area (TPSA) is 52.7 Å². The maximum Gasteiger partial charge on any atom is 0.238 e. The molecule has 0 bridgehead atoms. The van der Waals surface area contributed by atoms with Crippen LogP contribution in [0.3, 0.4) is 0 Å². The second kappa shape index (κ2) is 8.37. The Balaban J connectivity index is 1.35. The molecule has 2 amide bonds. The molecule has 0 aromatic heterocycles. The highest BCUT2D eigenvalue weighted by molar-refractivity contribution is 6.08. The summed E-state index contributed by atoms with van der Waals surface area (Å²) in [5.74, 6) is 0.0515. The molecule has 5 heteroatoms. The number of hydrogen-bond donors (Lipinski definition) is 1. The van der Waals surface area contributed by atoms with Gasteiger partial charge in [-0.2, -0.15) is 0 Å². The van der Waals surface area contributed by atoms with E-state index in [0.717, 1.165) is 25.9 Å². The van der Waals surface area contributed by atoms with Gasteiger partial charge in [-0.3, -0.25) is 9.59 Å². The van der Waals surface area contributed by atoms with E-state index in [-0.39, 0.29) is 17.9 Å². The van der Waals surface area contributed by atoms with Crippen molar-refractivity contribution in [1.82, 2.24) is 10.2 Å². The van der Waals surface area contributed by atoms with Crippen LogP contribution in [0.4, 0.5) is 5.69 Å². The minimum atomic E-state index is -0.770. The van der Waals surface area contributed by atoms with Gasteiger partial charge in [0.05, 0.1) is 0 Å². The zero-order valence-corrected chi connectivity index (χ0v) is 18.0. The molecule has 0 atom stereocenters. The van der Waals surface area contributed by atoms with Gasteiger partial charge < -0.3 is 15.1 Å². The van der Waals surface area contributed by atoms with Crippen molar-refractivity contribution in [3.63, 3.8) is 0 Å². The lowest BCUT2D eigenvalue weighted by molar-refractivity contribution is -0.144. The van der Waals surface area contributed by atoms with E-state index in [0.29, 0.717) is 25.9 Å². The van der Waals surface area contributed by atoms with Gasteiger partial charge in [0.25, 0.3) is 0 Å². The third-order valence-corrected chi connectivity index (χ3v) is 7.27. The van der Waals surface area contributed by atoms with Crippen LogP contribution in [0.5, 0.6) is 0 Å². The van der Waals surface area contributed by atoms with Gasteiger partial charge in [0, 0.05) is 37.9 Å². The lowest BCUT2D eigenvalue weighted by Gasteiger charge is -2.38. The molecule has 1 saturated heterocycles. The molecule has 2 saturated carbocycles. The van der Waals surface area contributed by atoms with Gasteiger partial charge >= 0.3 is 0 Å². The SMILES string of the molecule is Cc1cccc(N2CCN(C(=O)C3(C(=O)NC4CCCCCC4)CC3)CC2)c1C. The summed E-state index contributed by atoms with van der Waals surface area (Å²) < 4.78 is 0. The monoisotopic (exact) mass is 397 g/mol. The van der Waals surface area contributed by atoms with Gasteiger partial charge in [0.15, 0.2) is 0 Å². The molecule has 4 rings (SSSR count). The summed E-state index contributed by atoms with van der Waals surface area (Å²) in [4.78, 5) is 30.5. The van der Waals surface area contributed by atoms with Gasteiger partial charge in [0.1, 0.15) is 5.41 Å². The zero-order valence-electron chi connectivity index (χ0n) is 18.0. The van der Waals surface area contributed by atoms with E-state index in [1.165, 1.54) is 42.5 Å². The molecular weight excluding hydrogens is 362 g/mol. The lowest BCUT2D eigenvalue weighted by atomic mass is 10.0. The second-order valence-electron chi connectivity index (χ2n) is 9.24. The molecule has 0 radical (unpaired) electrons. The van der Waals surface area contributed by atoms with Crippen molar-refractivity contribution in [3.05, 3.63) is 29.3 Å². The van der Waals surface area contributed by atoms with Crippen molar-refractivity contribution < 1.29 is 9.59 Å². The van der Waals surface area contributed by atoms with E-state index in [9.17, 15) is 9.59 Å². The molecule has 0 unspecified atom stereocenters. The van der Waals surface area contributed by atoms with Crippen molar-refractivity contribution in [3.8, 4) is 0 Å². The fourth-order valence-corrected chi connectivity index (χ4v) is 4.94. The molecule has 1 aliphatic heterocycles. The fourth-order valence-electron chi connectivity index (χ4n) is 4.94. The molecule has 3 fully saturated rings. The normalized spacial score (nSPS) is 22.1. The largest absolute Gasteiger partial charge is 0.368 e. The van der Waals surface area contributed by atoms with Crippen molar-refractivity contribution in [1.29, 1.82) is 0 Å². The number of carbonyl (C=O) groups excluding carboxylic acids is 2. The number of anilines is 1. The Bertz CT molecular complexity index is 755. The molecule has 1 N–H and O–H groups in total. The molecule has 1 aromatic rings. The van der Waals surface area contributed by atoms with Crippen LogP contribution in [-0.4, -0.2) is 48.9 Å². The van der Waals surface area contributed by atoms with Crippen LogP contribution in [0, 0.1) is 19.3 Å². The summed E-state index contributed by atoms with van der Waals surface area (Å²) in [6, 6.07) is 6.67. The first-order valence-corrected chi connectivity index (χ1v) is 11.4. The predicted molar refractivity (Wildman–Crippen MR) is 116 cm³/mol. The van der Waals surface area contributed by atoms with E-state index in [4.69, 9.17) is 0 Å².